The number of likely N-dealkylation sites (tertiary alicyclic amines) is 1. The predicted molar refractivity (Wildman–Crippen MR) is 101 cm³/mol. The predicted octanol–water partition coefficient (Wildman–Crippen LogP) is 2.61. The third kappa shape index (κ3) is 3.20. The maximum Gasteiger partial charge on any atom is 0.251 e. The van der Waals surface area contributed by atoms with Crippen LogP contribution in [0.3, 0.4) is 0 Å². The summed E-state index contributed by atoms with van der Waals surface area (Å²) in [6, 6.07) is 9.95. The molecule has 1 unspecified atom stereocenters. The lowest BCUT2D eigenvalue weighted by atomic mass is 10.1. The first-order valence-electron chi connectivity index (χ1n) is 9.17. The van der Waals surface area contributed by atoms with Gasteiger partial charge in [0.15, 0.2) is 5.65 Å². The molecule has 0 aliphatic carbocycles. The molecule has 1 amide bonds. The number of benzene rings is 1. The van der Waals surface area contributed by atoms with E-state index in [2.05, 4.69) is 27.2 Å². The molecule has 1 aliphatic heterocycles. The molecule has 6 nitrogen and oxygen atoms in total. The number of fused-ring (bicyclic) bond motifs is 1. The van der Waals surface area contributed by atoms with Gasteiger partial charge in [-0.3, -0.25) is 9.69 Å². The summed E-state index contributed by atoms with van der Waals surface area (Å²) in [5, 5.41) is 7.39. The first-order chi connectivity index (χ1) is 12.8. The number of amides is 1. The minimum Gasteiger partial charge on any atom is -0.350 e. The smallest absolute Gasteiger partial charge is 0.251 e. The van der Waals surface area contributed by atoms with Gasteiger partial charge in [0.05, 0.1) is 6.20 Å². The van der Waals surface area contributed by atoms with Gasteiger partial charge in [-0.25, -0.2) is 9.50 Å². The van der Waals surface area contributed by atoms with Crippen molar-refractivity contribution in [3.63, 3.8) is 0 Å². The SMILES string of the molecule is CCN1CCCC1CNC(=O)c1ccc(-c2cnn3cccnc23)cc1. The largest absolute Gasteiger partial charge is 0.350 e. The molecule has 0 radical (unpaired) electrons. The first kappa shape index (κ1) is 16.7. The zero-order chi connectivity index (χ0) is 17.9. The van der Waals surface area contributed by atoms with Gasteiger partial charge >= 0.3 is 0 Å². The minimum atomic E-state index is -0.0162. The van der Waals surface area contributed by atoms with Crippen molar-refractivity contribution in [3.05, 3.63) is 54.5 Å². The Labute approximate surface area is 152 Å². The fraction of sp³-hybridized carbons (Fsp3) is 0.350. The van der Waals surface area contributed by atoms with E-state index in [1.807, 2.05) is 36.5 Å². The highest BCUT2D eigenvalue weighted by Gasteiger charge is 2.23. The molecular formula is C20H23N5O. The van der Waals surface area contributed by atoms with Crippen LogP contribution in [-0.2, 0) is 0 Å². The van der Waals surface area contributed by atoms with Crippen molar-refractivity contribution >= 4 is 11.6 Å². The zero-order valence-electron chi connectivity index (χ0n) is 14.9. The molecule has 1 fully saturated rings. The summed E-state index contributed by atoms with van der Waals surface area (Å²) in [5.41, 5.74) is 3.45. The summed E-state index contributed by atoms with van der Waals surface area (Å²) in [7, 11) is 0. The Balaban J connectivity index is 1.45. The molecule has 134 valence electrons. The highest BCUT2D eigenvalue weighted by Crippen LogP contribution is 2.23. The summed E-state index contributed by atoms with van der Waals surface area (Å²) in [6.45, 7) is 5.07. The Morgan fingerprint density at radius 2 is 2.15 bits per heavy atom. The molecule has 4 rings (SSSR count). The van der Waals surface area contributed by atoms with Gasteiger partial charge < -0.3 is 5.32 Å². The normalized spacial score (nSPS) is 17.7. The lowest BCUT2D eigenvalue weighted by Crippen LogP contribution is -2.40. The Morgan fingerprint density at radius 1 is 1.31 bits per heavy atom. The number of nitrogens with zero attached hydrogens (tertiary/aromatic N) is 4. The van der Waals surface area contributed by atoms with Crippen LogP contribution in [0.1, 0.15) is 30.1 Å². The van der Waals surface area contributed by atoms with Crippen LogP contribution < -0.4 is 5.32 Å². The molecule has 3 aromatic rings. The number of hydrogen-bond donors (Lipinski definition) is 1. The van der Waals surface area contributed by atoms with E-state index in [1.165, 1.54) is 6.42 Å². The number of nitrogens with one attached hydrogen (secondary N) is 1. The van der Waals surface area contributed by atoms with E-state index in [4.69, 9.17) is 0 Å². The summed E-state index contributed by atoms with van der Waals surface area (Å²) >= 11 is 0. The van der Waals surface area contributed by atoms with Crippen LogP contribution in [0.25, 0.3) is 16.8 Å². The fourth-order valence-electron chi connectivity index (χ4n) is 3.69. The van der Waals surface area contributed by atoms with Gasteiger partial charge in [-0.2, -0.15) is 5.10 Å². The average Bonchev–Trinajstić information content (AvgIpc) is 3.32. The number of aromatic nitrogens is 3. The monoisotopic (exact) mass is 349 g/mol. The fourth-order valence-corrected chi connectivity index (χ4v) is 3.69. The topological polar surface area (TPSA) is 62.5 Å². The number of carbonyl (C=O) groups excluding carboxylic acids is 1. The number of hydrogen-bond acceptors (Lipinski definition) is 4. The Bertz CT molecular complexity index is 902. The average molecular weight is 349 g/mol. The van der Waals surface area contributed by atoms with Crippen molar-refractivity contribution in [2.24, 2.45) is 0 Å². The van der Waals surface area contributed by atoms with E-state index in [1.54, 1.807) is 16.9 Å². The highest BCUT2D eigenvalue weighted by atomic mass is 16.1. The van der Waals surface area contributed by atoms with Crippen molar-refractivity contribution < 1.29 is 4.79 Å². The second kappa shape index (κ2) is 7.25. The lowest BCUT2D eigenvalue weighted by Gasteiger charge is -2.22. The first-order valence-corrected chi connectivity index (χ1v) is 9.17. The molecule has 1 N–H and O–H groups in total. The lowest BCUT2D eigenvalue weighted by molar-refractivity contribution is 0.0941. The molecule has 26 heavy (non-hydrogen) atoms. The van der Waals surface area contributed by atoms with E-state index >= 15 is 0 Å². The maximum atomic E-state index is 12.4. The minimum absolute atomic E-state index is 0.0162. The molecule has 0 bridgehead atoms. The summed E-state index contributed by atoms with van der Waals surface area (Å²) < 4.78 is 1.75. The summed E-state index contributed by atoms with van der Waals surface area (Å²) in [4.78, 5) is 19.3. The van der Waals surface area contributed by atoms with Gasteiger partial charge in [0.2, 0.25) is 0 Å². The number of rotatable bonds is 5. The Kier molecular flexibility index (Phi) is 4.67. The van der Waals surface area contributed by atoms with E-state index in [0.29, 0.717) is 18.2 Å². The summed E-state index contributed by atoms with van der Waals surface area (Å²) in [5.74, 6) is -0.0162. The van der Waals surface area contributed by atoms with Gasteiger partial charge in [-0.1, -0.05) is 19.1 Å². The molecule has 1 aliphatic rings. The Morgan fingerprint density at radius 3 is 2.96 bits per heavy atom. The van der Waals surface area contributed by atoms with Gasteiger partial charge in [0.1, 0.15) is 0 Å². The standard InChI is InChI=1S/C20H23N5O/c1-2-24-11-3-5-17(24)13-22-20(26)16-8-6-15(7-9-16)18-14-23-25-12-4-10-21-19(18)25/h4,6-10,12,14,17H,2-3,5,11,13H2,1H3,(H,22,26). The van der Waals surface area contributed by atoms with Crippen molar-refractivity contribution in [2.75, 3.05) is 19.6 Å². The van der Waals surface area contributed by atoms with Gasteiger partial charge in [-0.05, 0) is 49.7 Å². The van der Waals surface area contributed by atoms with Gasteiger partial charge in [-0.15, -0.1) is 0 Å². The van der Waals surface area contributed by atoms with Crippen molar-refractivity contribution in [3.8, 4) is 11.1 Å². The quantitative estimate of drug-likeness (QED) is 0.769. The van der Waals surface area contributed by atoms with Gasteiger partial charge in [0.25, 0.3) is 5.91 Å². The molecule has 1 aromatic carbocycles. The van der Waals surface area contributed by atoms with Crippen molar-refractivity contribution in [1.29, 1.82) is 0 Å². The van der Waals surface area contributed by atoms with Crippen LogP contribution in [0, 0.1) is 0 Å². The summed E-state index contributed by atoms with van der Waals surface area (Å²) in [6.07, 6.45) is 7.81. The molecule has 2 aromatic heterocycles. The zero-order valence-corrected chi connectivity index (χ0v) is 14.9. The van der Waals surface area contributed by atoms with E-state index < -0.39 is 0 Å². The molecule has 1 atom stereocenters. The second-order valence-corrected chi connectivity index (χ2v) is 6.66. The number of carbonyl (C=O) groups is 1. The van der Waals surface area contributed by atoms with E-state index in [9.17, 15) is 4.79 Å². The van der Waals surface area contributed by atoms with Crippen LogP contribution >= 0.6 is 0 Å². The number of likely N-dealkylation sites (N-methyl/N-ethyl adjacent to an activating group) is 1. The van der Waals surface area contributed by atoms with Crippen LogP contribution in [0.5, 0.6) is 0 Å². The van der Waals surface area contributed by atoms with Crippen LogP contribution in [0.15, 0.2) is 48.9 Å². The Hall–Kier alpha value is -2.73. The molecule has 3 heterocycles. The molecule has 6 heteroatoms. The second-order valence-electron chi connectivity index (χ2n) is 6.66. The molecular weight excluding hydrogens is 326 g/mol. The van der Waals surface area contributed by atoms with E-state index in [0.717, 1.165) is 36.3 Å². The van der Waals surface area contributed by atoms with Crippen LogP contribution in [0.2, 0.25) is 0 Å². The van der Waals surface area contributed by atoms with Crippen LogP contribution in [0.4, 0.5) is 0 Å². The molecule has 1 saturated heterocycles. The third-order valence-electron chi connectivity index (χ3n) is 5.14. The maximum absolute atomic E-state index is 12.4. The molecule has 0 saturated carbocycles. The van der Waals surface area contributed by atoms with Crippen LogP contribution in [-0.4, -0.2) is 51.1 Å². The third-order valence-corrected chi connectivity index (χ3v) is 5.14. The highest BCUT2D eigenvalue weighted by molar-refractivity contribution is 5.95. The van der Waals surface area contributed by atoms with E-state index in [-0.39, 0.29) is 5.91 Å². The van der Waals surface area contributed by atoms with Crippen molar-refractivity contribution in [1.82, 2.24) is 24.8 Å². The molecule has 0 spiro atoms. The van der Waals surface area contributed by atoms with Gasteiger partial charge in [0, 0.05) is 36.1 Å². The van der Waals surface area contributed by atoms with Crippen molar-refractivity contribution in [2.45, 2.75) is 25.8 Å².